The molecule has 0 spiro atoms. The minimum absolute atomic E-state index is 1.17. The average Bonchev–Trinajstić information content (AvgIpc) is 1.50. The van der Waals surface area contributed by atoms with Crippen LogP contribution in [0.5, 0.6) is 0 Å². The predicted octanol–water partition coefficient (Wildman–Crippen LogP) is 27.3. The molecular formula is C100H60N4. The van der Waals surface area contributed by atoms with Crippen molar-refractivity contribution in [3.63, 3.8) is 0 Å². The molecule has 0 atom stereocenters. The van der Waals surface area contributed by atoms with Crippen LogP contribution in [0.1, 0.15) is 0 Å². The van der Waals surface area contributed by atoms with Crippen LogP contribution in [0.15, 0.2) is 364 Å². The first-order valence-electron chi connectivity index (χ1n) is 36.1. The van der Waals surface area contributed by atoms with Crippen LogP contribution in [0.25, 0.3) is 218 Å². The third-order valence-electron chi connectivity index (χ3n) is 22.8. The molecule has 0 N–H and O–H groups in total. The van der Waals surface area contributed by atoms with E-state index in [4.69, 9.17) is 0 Å². The summed E-state index contributed by atoms with van der Waals surface area (Å²) >= 11 is 0. The van der Waals surface area contributed by atoms with Gasteiger partial charge >= 0.3 is 0 Å². The van der Waals surface area contributed by atoms with Gasteiger partial charge < -0.3 is 18.3 Å². The summed E-state index contributed by atoms with van der Waals surface area (Å²) in [6.45, 7) is 0. The zero-order valence-electron chi connectivity index (χ0n) is 56.4. The van der Waals surface area contributed by atoms with Crippen LogP contribution < -0.4 is 0 Å². The van der Waals surface area contributed by atoms with Crippen molar-refractivity contribution < 1.29 is 0 Å². The van der Waals surface area contributed by atoms with E-state index in [0.717, 1.165) is 0 Å². The van der Waals surface area contributed by atoms with Crippen LogP contribution in [0, 0.1) is 0 Å². The van der Waals surface area contributed by atoms with Crippen LogP contribution in [0.3, 0.4) is 0 Å². The maximum atomic E-state index is 2.53. The van der Waals surface area contributed by atoms with E-state index in [-0.39, 0.29) is 0 Å². The molecule has 480 valence electrons. The summed E-state index contributed by atoms with van der Waals surface area (Å²) in [4.78, 5) is 0. The van der Waals surface area contributed by atoms with Gasteiger partial charge in [-0.2, -0.15) is 0 Å². The highest BCUT2D eigenvalue weighted by molar-refractivity contribution is 6.47. The normalized spacial score (nSPS) is 12.2. The second-order valence-electron chi connectivity index (χ2n) is 28.0. The van der Waals surface area contributed by atoms with E-state index in [1.165, 1.54) is 218 Å². The molecule has 0 aliphatic rings. The summed E-state index contributed by atoms with van der Waals surface area (Å²) in [5.41, 5.74) is 14.6. The Kier molecular flexibility index (Phi) is 12.0. The summed E-state index contributed by atoms with van der Waals surface area (Å²) in [5, 5.41) is 35.6. The third-order valence-corrected chi connectivity index (χ3v) is 22.8. The van der Waals surface area contributed by atoms with Gasteiger partial charge in [0.15, 0.2) is 0 Å². The molecule has 0 amide bonds. The van der Waals surface area contributed by atoms with E-state index in [9.17, 15) is 0 Å². The van der Waals surface area contributed by atoms with E-state index in [0.29, 0.717) is 0 Å². The van der Waals surface area contributed by atoms with Gasteiger partial charge in [0.2, 0.25) is 0 Å². The van der Waals surface area contributed by atoms with Crippen LogP contribution in [0.4, 0.5) is 0 Å². The molecule has 24 rings (SSSR count). The second kappa shape index (κ2) is 21.9. The first kappa shape index (κ1) is 57.0. The number of benzene rings is 20. The Bertz CT molecular complexity index is 7390. The van der Waals surface area contributed by atoms with Crippen LogP contribution >= 0.6 is 0 Å². The summed E-state index contributed by atoms with van der Waals surface area (Å²) in [6.07, 6.45) is 0. The van der Waals surface area contributed by atoms with Gasteiger partial charge in [-0.15, -0.1) is 0 Å². The Hall–Kier alpha value is -13.8. The quantitative estimate of drug-likeness (QED) is 0.157. The van der Waals surface area contributed by atoms with Crippen molar-refractivity contribution in [3.8, 4) is 22.7 Å². The van der Waals surface area contributed by atoms with Gasteiger partial charge in [-0.05, 0) is 115 Å². The van der Waals surface area contributed by atoms with Gasteiger partial charge in [0.25, 0.3) is 0 Å². The van der Waals surface area contributed by atoms with Gasteiger partial charge in [0.05, 0.1) is 55.5 Å². The first-order valence-corrected chi connectivity index (χ1v) is 36.1. The van der Waals surface area contributed by atoms with Crippen molar-refractivity contribution >= 4 is 195 Å². The molecule has 4 nitrogen and oxygen atoms in total. The van der Waals surface area contributed by atoms with Gasteiger partial charge in [0.1, 0.15) is 0 Å². The predicted molar refractivity (Wildman–Crippen MR) is 445 cm³/mol. The van der Waals surface area contributed by atoms with E-state index < -0.39 is 0 Å². The molecule has 24 aromatic rings. The number of hydrogen-bond donors (Lipinski definition) is 0. The molecule has 0 radical (unpaired) electrons. The number of para-hydroxylation sites is 4. The highest BCUT2D eigenvalue weighted by Gasteiger charge is 2.29. The van der Waals surface area contributed by atoms with Crippen molar-refractivity contribution in [2.45, 2.75) is 0 Å². The monoisotopic (exact) mass is 1320 g/mol. The molecule has 4 heterocycles. The maximum Gasteiger partial charge on any atom is 0.0626 e. The lowest BCUT2D eigenvalue weighted by Crippen LogP contribution is -1.97. The molecule has 0 fully saturated rings. The fraction of sp³-hybridized carbons (Fsp3) is 0. The van der Waals surface area contributed by atoms with Crippen molar-refractivity contribution in [1.82, 2.24) is 18.3 Å². The number of nitrogens with zero attached hydrogens (tertiary/aromatic N) is 4. The van der Waals surface area contributed by atoms with E-state index in [2.05, 4.69) is 382 Å². The second-order valence-corrected chi connectivity index (χ2v) is 28.0. The minimum atomic E-state index is 1.17. The minimum Gasteiger partial charge on any atom is -0.309 e. The topological polar surface area (TPSA) is 19.7 Å². The fourth-order valence-corrected chi connectivity index (χ4v) is 18.7. The van der Waals surface area contributed by atoms with Crippen LogP contribution in [-0.2, 0) is 0 Å². The molecule has 0 aliphatic carbocycles. The van der Waals surface area contributed by atoms with E-state index in [1.807, 2.05) is 0 Å². The van der Waals surface area contributed by atoms with Crippen molar-refractivity contribution in [2.24, 2.45) is 0 Å². The summed E-state index contributed by atoms with van der Waals surface area (Å²) in [7, 11) is 0. The fourth-order valence-electron chi connectivity index (χ4n) is 18.7. The molecule has 20 aromatic carbocycles. The lowest BCUT2D eigenvalue weighted by molar-refractivity contribution is 1.19. The molecule has 0 saturated heterocycles. The standard InChI is InChI=1S/2C50H30N2/c1-3-19-33-31(15-1)17-13-29-41(33)51-43-27-11-9-25-39(43)47-45-36-22-6-8-24-38(36)50-48(46(45)35-21-5-7-23-37(35)49(47)51)40-26-10-12-28-44(40)52(50)42-30-14-18-32-16-2-4-20-34(32)42;1-3-15-33-29-35(27-25-31(33)13-1)51-43-23-11-9-21-41(43)47-45-38-18-6-8-20-40(38)50-48(46(45)37-17-5-7-19-39(37)49(47)51)42-22-10-12-24-44(42)52(50)36-28-26-32-14-2-4-16-34(32)30-36/h2*1-30H. The first-order chi connectivity index (χ1) is 51.7. The number of fused-ring (bicyclic) bond motifs is 34. The summed E-state index contributed by atoms with van der Waals surface area (Å²) in [5.74, 6) is 0. The third kappa shape index (κ3) is 7.85. The molecule has 0 unspecified atom stereocenters. The highest BCUT2D eigenvalue weighted by atomic mass is 15.0. The zero-order valence-corrected chi connectivity index (χ0v) is 56.4. The molecule has 0 saturated carbocycles. The van der Waals surface area contributed by atoms with Crippen molar-refractivity contribution in [1.29, 1.82) is 0 Å². The van der Waals surface area contributed by atoms with Gasteiger partial charge in [-0.1, -0.05) is 303 Å². The molecule has 0 bridgehead atoms. The highest BCUT2D eigenvalue weighted by Crippen LogP contribution is 2.54. The lowest BCUT2D eigenvalue weighted by Gasteiger charge is -2.17. The van der Waals surface area contributed by atoms with E-state index in [1.54, 1.807) is 0 Å². The van der Waals surface area contributed by atoms with Gasteiger partial charge in [0, 0.05) is 108 Å². The Morgan fingerprint density at radius 3 is 0.692 bits per heavy atom. The van der Waals surface area contributed by atoms with Crippen molar-refractivity contribution in [2.75, 3.05) is 0 Å². The number of aromatic nitrogens is 4. The molecule has 4 heteroatoms. The zero-order chi connectivity index (χ0) is 67.8. The Balaban J connectivity index is 0.000000127. The Morgan fingerprint density at radius 2 is 0.365 bits per heavy atom. The SMILES string of the molecule is c1ccc2c(-n3c4ccccc4c4c5c6ccccc6c6c(c7ccccc7n6-c6cccc7ccccc67)c5c5ccccc5c43)cccc2c1.c1ccc2cc(-n3c4ccccc4c4c5c6ccccc6c6c(c7ccccc7n6-c6ccc7ccccc7c6)c5c5ccccc5c43)ccc2c1. The van der Waals surface area contributed by atoms with Gasteiger partial charge in [-0.3, -0.25) is 0 Å². The van der Waals surface area contributed by atoms with Crippen LogP contribution in [0.2, 0.25) is 0 Å². The van der Waals surface area contributed by atoms with E-state index >= 15 is 0 Å². The smallest absolute Gasteiger partial charge is 0.0626 e. The van der Waals surface area contributed by atoms with Crippen molar-refractivity contribution in [3.05, 3.63) is 364 Å². The number of rotatable bonds is 4. The number of hydrogen-bond acceptors (Lipinski definition) is 0. The largest absolute Gasteiger partial charge is 0.309 e. The Morgan fingerprint density at radius 1 is 0.135 bits per heavy atom. The molecule has 104 heavy (non-hydrogen) atoms. The molecular weight excluding hydrogens is 1260 g/mol. The maximum absolute atomic E-state index is 2.53. The average molecular weight is 1320 g/mol. The lowest BCUT2D eigenvalue weighted by atomic mass is 9.89. The Labute approximate surface area is 596 Å². The summed E-state index contributed by atoms with van der Waals surface area (Å²) in [6, 6.07) is 134. The molecule has 4 aromatic heterocycles. The summed E-state index contributed by atoms with van der Waals surface area (Å²) < 4.78 is 10.1. The van der Waals surface area contributed by atoms with Gasteiger partial charge in [-0.25, -0.2) is 0 Å². The molecule has 0 aliphatic heterocycles. The van der Waals surface area contributed by atoms with Crippen LogP contribution in [-0.4, -0.2) is 18.3 Å².